The molecule has 25 heavy (non-hydrogen) atoms. The molecule has 2 amide bonds. The van der Waals surface area contributed by atoms with Crippen molar-refractivity contribution in [1.29, 1.82) is 0 Å². The lowest BCUT2D eigenvalue weighted by Crippen LogP contribution is -2.40. The molecule has 134 valence electrons. The highest BCUT2D eigenvalue weighted by atomic mass is 32.1. The molecule has 2 N–H and O–H groups in total. The smallest absolute Gasteiger partial charge is 0.264 e. The molecule has 0 unspecified atom stereocenters. The Morgan fingerprint density at radius 3 is 2.76 bits per heavy atom. The lowest BCUT2D eigenvalue weighted by Gasteiger charge is -2.32. The van der Waals surface area contributed by atoms with Crippen molar-refractivity contribution in [2.45, 2.75) is 46.5 Å². The van der Waals surface area contributed by atoms with E-state index in [4.69, 9.17) is 5.73 Å². The number of carbonyl (C=O) groups is 2. The van der Waals surface area contributed by atoms with Crippen molar-refractivity contribution in [3.63, 3.8) is 0 Å². The number of nitrogens with two attached hydrogens (primary N) is 1. The second-order valence-corrected chi connectivity index (χ2v) is 7.86. The first-order chi connectivity index (χ1) is 11.9. The third-order valence-electron chi connectivity index (χ3n) is 4.88. The van der Waals surface area contributed by atoms with Gasteiger partial charge in [0, 0.05) is 30.6 Å². The van der Waals surface area contributed by atoms with Crippen LogP contribution in [0.1, 0.15) is 52.4 Å². The zero-order valence-electron chi connectivity index (χ0n) is 15.0. The molecule has 1 fully saturated rings. The molecule has 0 aliphatic carbocycles. The molecule has 1 aliphatic heterocycles. The van der Waals surface area contributed by atoms with Gasteiger partial charge in [-0.15, -0.1) is 11.3 Å². The Labute approximate surface area is 151 Å². The zero-order valence-corrected chi connectivity index (χ0v) is 15.8. The van der Waals surface area contributed by atoms with Gasteiger partial charge < -0.3 is 10.6 Å². The molecule has 0 radical (unpaired) electrons. The van der Waals surface area contributed by atoms with Gasteiger partial charge >= 0.3 is 0 Å². The fourth-order valence-electron chi connectivity index (χ4n) is 3.65. The van der Waals surface area contributed by atoms with Crippen molar-refractivity contribution in [3.05, 3.63) is 22.0 Å². The first-order valence-corrected chi connectivity index (χ1v) is 9.50. The first kappa shape index (κ1) is 17.8. The summed E-state index contributed by atoms with van der Waals surface area (Å²) in [6.07, 6.45) is 3.17. The number of hydrogen-bond donors (Lipinski definition) is 1. The number of amides is 2. The van der Waals surface area contributed by atoms with Crippen LogP contribution in [0.4, 0.5) is 0 Å². The maximum absolute atomic E-state index is 13.1. The van der Waals surface area contributed by atoms with Gasteiger partial charge in [-0.1, -0.05) is 0 Å². The quantitative estimate of drug-likeness (QED) is 0.908. The van der Waals surface area contributed by atoms with E-state index in [0.717, 1.165) is 58.0 Å². The topological polar surface area (TPSA) is 89.2 Å². The van der Waals surface area contributed by atoms with E-state index in [-0.39, 0.29) is 11.8 Å². The third kappa shape index (κ3) is 3.66. The number of piperidine rings is 1. The minimum atomic E-state index is -0.270. The Morgan fingerprint density at radius 1 is 1.28 bits per heavy atom. The predicted octanol–water partition coefficient (Wildman–Crippen LogP) is 2.73. The van der Waals surface area contributed by atoms with Crippen molar-refractivity contribution in [2.75, 3.05) is 13.1 Å². The van der Waals surface area contributed by atoms with Crippen molar-refractivity contribution >= 4 is 33.4 Å². The summed E-state index contributed by atoms with van der Waals surface area (Å²) in [4.78, 5) is 36.6. The van der Waals surface area contributed by atoms with Crippen LogP contribution in [0, 0.1) is 26.7 Å². The molecule has 1 atom stereocenters. The van der Waals surface area contributed by atoms with E-state index in [1.54, 1.807) is 0 Å². The molecule has 7 heteroatoms. The SMILES string of the molecule is Cc1nc(C)c2c(C)c(C(=O)N3CCC[C@@H](CCC(N)=O)C3)sc2n1. The van der Waals surface area contributed by atoms with Gasteiger partial charge in [-0.05, 0) is 51.5 Å². The van der Waals surface area contributed by atoms with Crippen LogP contribution in [0.3, 0.4) is 0 Å². The number of likely N-dealkylation sites (tertiary alicyclic amines) is 1. The van der Waals surface area contributed by atoms with Crippen LogP contribution in [-0.4, -0.2) is 39.8 Å². The number of hydrogen-bond acceptors (Lipinski definition) is 5. The number of rotatable bonds is 4. The summed E-state index contributed by atoms with van der Waals surface area (Å²) < 4.78 is 0. The molecule has 0 spiro atoms. The molecule has 1 aliphatic rings. The van der Waals surface area contributed by atoms with Crippen molar-refractivity contribution < 1.29 is 9.59 Å². The van der Waals surface area contributed by atoms with Gasteiger partial charge in [0.2, 0.25) is 5.91 Å². The Hall–Kier alpha value is -2.02. The van der Waals surface area contributed by atoms with Crippen LogP contribution in [0.5, 0.6) is 0 Å². The van der Waals surface area contributed by atoms with Crippen molar-refractivity contribution in [3.8, 4) is 0 Å². The molecule has 2 aromatic rings. The minimum Gasteiger partial charge on any atom is -0.370 e. The van der Waals surface area contributed by atoms with Gasteiger partial charge in [0.25, 0.3) is 5.91 Å². The Morgan fingerprint density at radius 2 is 2.04 bits per heavy atom. The normalized spacial score (nSPS) is 17.9. The number of thiophene rings is 1. The van der Waals surface area contributed by atoms with E-state index in [1.165, 1.54) is 11.3 Å². The number of aryl methyl sites for hydroxylation is 3. The summed E-state index contributed by atoms with van der Waals surface area (Å²) in [6.45, 7) is 7.28. The summed E-state index contributed by atoms with van der Waals surface area (Å²) in [5.41, 5.74) is 7.15. The largest absolute Gasteiger partial charge is 0.370 e. The van der Waals surface area contributed by atoms with Gasteiger partial charge in [0.15, 0.2) is 0 Å². The summed E-state index contributed by atoms with van der Waals surface area (Å²) in [5.74, 6) is 0.882. The molecule has 0 aromatic carbocycles. The number of aromatic nitrogens is 2. The highest BCUT2D eigenvalue weighted by Crippen LogP contribution is 2.33. The molecule has 3 rings (SSSR count). The van der Waals surface area contributed by atoms with Gasteiger partial charge in [0.1, 0.15) is 10.7 Å². The average Bonchev–Trinajstić information content (AvgIpc) is 2.89. The molecule has 1 saturated heterocycles. The molecule has 3 heterocycles. The number of fused-ring (bicyclic) bond motifs is 1. The molecular weight excluding hydrogens is 336 g/mol. The molecule has 0 bridgehead atoms. The van der Waals surface area contributed by atoms with E-state index in [9.17, 15) is 9.59 Å². The van der Waals surface area contributed by atoms with Gasteiger partial charge in [-0.3, -0.25) is 9.59 Å². The van der Waals surface area contributed by atoms with Crippen molar-refractivity contribution in [1.82, 2.24) is 14.9 Å². The highest BCUT2D eigenvalue weighted by Gasteiger charge is 2.28. The molecule has 0 saturated carbocycles. The summed E-state index contributed by atoms with van der Waals surface area (Å²) in [5, 5.41) is 1.00. The lowest BCUT2D eigenvalue weighted by molar-refractivity contribution is -0.118. The van der Waals surface area contributed by atoms with Crippen molar-refractivity contribution in [2.24, 2.45) is 11.7 Å². The first-order valence-electron chi connectivity index (χ1n) is 8.68. The van der Waals surface area contributed by atoms with Crippen LogP contribution < -0.4 is 5.73 Å². The van der Waals surface area contributed by atoms with E-state index < -0.39 is 0 Å². The van der Waals surface area contributed by atoms with Crippen LogP contribution in [0.15, 0.2) is 0 Å². The Balaban J connectivity index is 1.83. The predicted molar refractivity (Wildman–Crippen MR) is 98.7 cm³/mol. The fraction of sp³-hybridized carbons (Fsp3) is 0.556. The zero-order chi connectivity index (χ0) is 18.1. The highest BCUT2D eigenvalue weighted by molar-refractivity contribution is 7.20. The molecule has 2 aromatic heterocycles. The van der Waals surface area contributed by atoms with Gasteiger partial charge in [-0.25, -0.2) is 9.97 Å². The lowest BCUT2D eigenvalue weighted by atomic mass is 9.93. The van der Waals surface area contributed by atoms with Crippen LogP contribution in [0.25, 0.3) is 10.2 Å². The van der Waals surface area contributed by atoms with Gasteiger partial charge in [-0.2, -0.15) is 0 Å². The monoisotopic (exact) mass is 360 g/mol. The maximum atomic E-state index is 13.1. The third-order valence-corrected chi connectivity index (χ3v) is 6.06. The van der Waals surface area contributed by atoms with Crippen LogP contribution in [-0.2, 0) is 4.79 Å². The molecular formula is C18H24N4O2S. The number of carbonyl (C=O) groups excluding carboxylic acids is 2. The van der Waals surface area contributed by atoms with Crippen LogP contribution in [0.2, 0.25) is 0 Å². The van der Waals surface area contributed by atoms with E-state index in [1.807, 2.05) is 25.7 Å². The van der Waals surface area contributed by atoms with E-state index in [2.05, 4.69) is 9.97 Å². The van der Waals surface area contributed by atoms with E-state index in [0.29, 0.717) is 18.9 Å². The summed E-state index contributed by atoms with van der Waals surface area (Å²) in [6, 6.07) is 0. The second kappa shape index (κ2) is 7.07. The van der Waals surface area contributed by atoms with E-state index >= 15 is 0 Å². The average molecular weight is 360 g/mol. The number of nitrogens with zero attached hydrogens (tertiary/aromatic N) is 3. The fourth-order valence-corrected chi connectivity index (χ4v) is 4.90. The number of primary amides is 1. The Kier molecular flexibility index (Phi) is 5.03. The molecule has 6 nitrogen and oxygen atoms in total. The van der Waals surface area contributed by atoms with Crippen LogP contribution >= 0.6 is 11.3 Å². The standard InChI is InChI=1S/C18H24N4O2S/c1-10-15-11(2)20-12(3)21-17(15)25-16(10)18(24)22-8-4-5-13(9-22)6-7-14(19)23/h13H,4-9H2,1-3H3,(H2,19,23)/t13-/m0/s1. The second-order valence-electron chi connectivity index (χ2n) is 6.86. The van der Waals surface area contributed by atoms with Gasteiger partial charge in [0.05, 0.1) is 4.88 Å². The minimum absolute atomic E-state index is 0.0707. The Bertz CT molecular complexity index is 830. The maximum Gasteiger partial charge on any atom is 0.264 e. The summed E-state index contributed by atoms with van der Waals surface area (Å²) in [7, 11) is 0. The summed E-state index contributed by atoms with van der Waals surface area (Å²) >= 11 is 1.46.